The number of amides is 1. The SMILES string of the molecule is O=C(NCCc1ccc(F)cc1)c1nc2c(C(F)(F)F)cc(-c3ccoc3)cn2c1Cl. The third-order valence-corrected chi connectivity index (χ3v) is 5.01. The second kappa shape index (κ2) is 8.07. The maximum absolute atomic E-state index is 13.7. The van der Waals surface area contributed by atoms with Crippen molar-refractivity contribution in [1.29, 1.82) is 0 Å². The van der Waals surface area contributed by atoms with Crippen LogP contribution in [0.3, 0.4) is 0 Å². The summed E-state index contributed by atoms with van der Waals surface area (Å²) in [5.74, 6) is -1.09. The first-order chi connectivity index (χ1) is 14.7. The molecule has 4 aromatic rings. The monoisotopic (exact) mass is 451 g/mol. The summed E-state index contributed by atoms with van der Waals surface area (Å²) < 4.78 is 59.9. The Kier molecular flexibility index (Phi) is 5.45. The van der Waals surface area contributed by atoms with Crippen LogP contribution in [0.15, 0.2) is 59.5 Å². The van der Waals surface area contributed by atoms with Gasteiger partial charge in [0, 0.05) is 23.9 Å². The van der Waals surface area contributed by atoms with Crippen LogP contribution in [0, 0.1) is 5.82 Å². The molecule has 31 heavy (non-hydrogen) atoms. The minimum atomic E-state index is -4.72. The van der Waals surface area contributed by atoms with Gasteiger partial charge in [0.25, 0.3) is 5.91 Å². The Hall–Kier alpha value is -3.33. The number of nitrogens with zero attached hydrogens (tertiary/aromatic N) is 2. The average molecular weight is 452 g/mol. The summed E-state index contributed by atoms with van der Waals surface area (Å²) in [6.07, 6.45) is -0.320. The third kappa shape index (κ3) is 4.27. The van der Waals surface area contributed by atoms with Gasteiger partial charge in [-0.25, -0.2) is 9.37 Å². The van der Waals surface area contributed by atoms with Gasteiger partial charge in [0.15, 0.2) is 11.3 Å². The summed E-state index contributed by atoms with van der Waals surface area (Å²) in [4.78, 5) is 16.4. The van der Waals surface area contributed by atoms with Crippen molar-refractivity contribution in [1.82, 2.24) is 14.7 Å². The van der Waals surface area contributed by atoms with Gasteiger partial charge in [-0.2, -0.15) is 13.2 Å². The van der Waals surface area contributed by atoms with Gasteiger partial charge in [0.2, 0.25) is 0 Å². The van der Waals surface area contributed by atoms with Crippen LogP contribution in [0.2, 0.25) is 5.15 Å². The Morgan fingerprint density at radius 3 is 2.55 bits per heavy atom. The number of carbonyl (C=O) groups excluding carboxylic acids is 1. The van der Waals surface area contributed by atoms with Gasteiger partial charge < -0.3 is 9.73 Å². The predicted molar refractivity (Wildman–Crippen MR) is 105 cm³/mol. The lowest BCUT2D eigenvalue weighted by Crippen LogP contribution is -2.26. The topological polar surface area (TPSA) is 59.5 Å². The quantitative estimate of drug-likeness (QED) is 0.414. The zero-order valence-corrected chi connectivity index (χ0v) is 16.5. The molecule has 160 valence electrons. The average Bonchev–Trinajstić information content (AvgIpc) is 3.37. The van der Waals surface area contributed by atoms with Crippen molar-refractivity contribution < 1.29 is 26.8 Å². The van der Waals surface area contributed by atoms with Crippen LogP contribution in [-0.4, -0.2) is 21.8 Å². The maximum Gasteiger partial charge on any atom is 0.420 e. The van der Waals surface area contributed by atoms with E-state index in [0.29, 0.717) is 12.0 Å². The summed E-state index contributed by atoms with van der Waals surface area (Å²) in [7, 11) is 0. The Balaban J connectivity index is 1.64. The summed E-state index contributed by atoms with van der Waals surface area (Å²) >= 11 is 6.23. The highest BCUT2D eigenvalue weighted by Gasteiger charge is 2.36. The van der Waals surface area contributed by atoms with Crippen LogP contribution < -0.4 is 5.32 Å². The summed E-state index contributed by atoms with van der Waals surface area (Å²) in [6.45, 7) is 0.168. The number of rotatable bonds is 5. The summed E-state index contributed by atoms with van der Waals surface area (Å²) in [5.41, 5.74) is -0.423. The van der Waals surface area contributed by atoms with Gasteiger partial charge in [-0.1, -0.05) is 23.7 Å². The molecular weight excluding hydrogens is 438 g/mol. The van der Waals surface area contributed by atoms with E-state index >= 15 is 0 Å². The molecule has 0 unspecified atom stereocenters. The molecule has 4 rings (SSSR count). The smallest absolute Gasteiger partial charge is 0.420 e. The molecule has 0 saturated carbocycles. The molecule has 0 bridgehead atoms. The van der Waals surface area contributed by atoms with E-state index in [9.17, 15) is 22.4 Å². The van der Waals surface area contributed by atoms with Crippen LogP contribution in [0.1, 0.15) is 21.6 Å². The highest BCUT2D eigenvalue weighted by atomic mass is 35.5. The number of hydrogen-bond acceptors (Lipinski definition) is 3. The first-order valence-corrected chi connectivity index (χ1v) is 9.46. The van der Waals surface area contributed by atoms with Gasteiger partial charge in [0.1, 0.15) is 11.0 Å². The highest BCUT2D eigenvalue weighted by molar-refractivity contribution is 6.33. The van der Waals surface area contributed by atoms with Crippen LogP contribution in [0.4, 0.5) is 17.6 Å². The number of nitrogens with one attached hydrogen (secondary N) is 1. The first kappa shape index (κ1) is 20.9. The summed E-state index contributed by atoms with van der Waals surface area (Å²) in [6, 6.07) is 8.19. The largest absolute Gasteiger partial charge is 0.472 e. The Bertz CT molecular complexity index is 1230. The molecular formula is C21H14ClF4N3O2. The number of fused-ring (bicyclic) bond motifs is 1. The molecule has 5 nitrogen and oxygen atoms in total. The number of alkyl halides is 3. The van der Waals surface area contributed by atoms with Crippen molar-refractivity contribution in [3.05, 3.63) is 82.9 Å². The molecule has 1 amide bonds. The van der Waals surface area contributed by atoms with Crippen molar-refractivity contribution >= 4 is 23.2 Å². The van der Waals surface area contributed by atoms with Gasteiger partial charge in [-0.15, -0.1) is 0 Å². The van der Waals surface area contributed by atoms with Crippen molar-refractivity contribution in [2.45, 2.75) is 12.6 Å². The van der Waals surface area contributed by atoms with Crippen molar-refractivity contribution in [2.24, 2.45) is 0 Å². The van der Waals surface area contributed by atoms with E-state index in [1.54, 1.807) is 12.1 Å². The lowest BCUT2D eigenvalue weighted by molar-refractivity contribution is -0.136. The zero-order chi connectivity index (χ0) is 22.2. The Morgan fingerprint density at radius 2 is 1.90 bits per heavy atom. The zero-order valence-electron chi connectivity index (χ0n) is 15.7. The van der Waals surface area contributed by atoms with Gasteiger partial charge in [-0.3, -0.25) is 9.20 Å². The molecule has 0 aliphatic carbocycles. The number of aromatic nitrogens is 2. The molecule has 0 aliphatic rings. The van der Waals surface area contributed by atoms with Crippen LogP contribution >= 0.6 is 11.6 Å². The number of benzene rings is 1. The number of imidazole rings is 1. The maximum atomic E-state index is 13.7. The minimum absolute atomic E-state index is 0.168. The molecule has 0 saturated heterocycles. The van der Waals surface area contributed by atoms with E-state index < -0.39 is 23.3 Å². The van der Waals surface area contributed by atoms with Gasteiger partial charge >= 0.3 is 6.18 Å². The fourth-order valence-electron chi connectivity index (χ4n) is 3.11. The molecule has 1 aromatic carbocycles. The normalized spacial score (nSPS) is 11.8. The molecule has 0 aliphatic heterocycles. The van der Waals surface area contributed by atoms with Crippen molar-refractivity contribution in [2.75, 3.05) is 6.54 Å². The first-order valence-electron chi connectivity index (χ1n) is 9.08. The van der Waals surface area contributed by atoms with E-state index in [1.165, 1.54) is 36.9 Å². The number of halogens is 5. The van der Waals surface area contributed by atoms with E-state index in [1.807, 2.05) is 0 Å². The standard InChI is InChI=1S/C21H14ClF4N3O2/c22-18-17(20(30)27-7-5-12-1-3-15(23)4-2-12)28-19-16(21(24,25)26)9-14(10-29(18)19)13-6-8-31-11-13/h1-4,6,8-11H,5,7H2,(H,27,30). The predicted octanol–water partition coefficient (Wildman–Crippen LogP) is 5.38. The van der Waals surface area contributed by atoms with E-state index in [4.69, 9.17) is 16.0 Å². The lowest BCUT2D eigenvalue weighted by Gasteiger charge is -2.10. The molecule has 0 atom stereocenters. The third-order valence-electron chi connectivity index (χ3n) is 4.65. The van der Waals surface area contributed by atoms with Crippen LogP contribution in [0.25, 0.3) is 16.8 Å². The van der Waals surface area contributed by atoms with E-state index in [2.05, 4.69) is 10.3 Å². The molecule has 3 aromatic heterocycles. The molecule has 0 radical (unpaired) electrons. The number of pyridine rings is 1. The van der Waals surface area contributed by atoms with Crippen molar-refractivity contribution in [3.63, 3.8) is 0 Å². The second-order valence-corrected chi connectivity index (χ2v) is 7.09. The van der Waals surface area contributed by atoms with E-state index in [-0.39, 0.29) is 28.8 Å². The fourth-order valence-corrected chi connectivity index (χ4v) is 3.37. The molecule has 3 heterocycles. The lowest BCUT2D eigenvalue weighted by atomic mass is 10.1. The Labute approximate surface area is 178 Å². The number of furan rings is 1. The van der Waals surface area contributed by atoms with Crippen LogP contribution in [-0.2, 0) is 12.6 Å². The Morgan fingerprint density at radius 1 is 1.16 bits per heavy atom. The number of carbonyl (C=O) groups is 1. The number of hydrogen-bond donors (Lipinski definition) is 1. The molecule has 10 heteroatoms. The fraction of sp³-hybridized carbons (Fsp3) is 0.143. The molecule has 0 fully saturated rings. The molecule has 0 spiro atoms. The summed E-state index contributed by atoms with van der Waals surface area (Å²) in [5, 5.41) is 2.33. The van der Waals surface area contributed by atoms with E-state index in [0.717, 1.165) is 16.0 Å². The molecule has 1 N–H and O–H groups in total. The highest BCUT2D eigenvalue weighted by Crippen LogP contribution is 2.37. The van der Waals surface area contributed by atoms with Gasteiger partial charge in [0.05, 0.1) is 18.1 Å². The minimum Gasteiger partial charge on any atom is -0.472 e. The van der Waals surface area contributed by atoms with Gasteiger partial charge in [-0.05, 0) is 36.2 Å². The van der Waals surface area contributed by atoms with Crippen LogP contribution in [0.5, 0.6) is 0 Å². The van der Waals surface area contributed by atoms with Crippen molar-refractivity contribution in [3.8, 4) is 11.1 Å². The second-order valence-electron chi connectivity index (χ2n) is 6.73.